The average molecular weight is 307 g/mol. The van der Waals surface area contributed by atoms with Crippen LogP contribution in [0.5, 0.6) is 0 Å². The number of rotatable bonds is 2. The molecule has 0 spiro atoms. The Labute approximate surface area is 126 Å². The third-order valence-electron chi connectivity index (χ3n) is 3.85. The van der Waals surface area contributed by atoms with E-state index in [4.69, 9.17) is 23.2 Å². The quantitative estimate of drug-likeness (QED) is 0.681. The number of nitrogens with zero attached hydrogens (tertiary/aromatic N) is 1. The fraction of sp³-hybridized carbons (Fsp3) is 0.200. The van der Waals surface area contributed by atoms with E-state index in [1.807, 2.05) is 25.1 Å². The topological polar surface area (TPSA) is 42.0 Å². The zero-order valence-corrected chi connectivity index (χ0v) is 12.2. The number of benzene rings is 1. The van der Waals surface area contributed by atoms with Crippen LogP contribution in [0, 0.1) is 0 Å². The molecule has 0 radical (unpaired) electrons. The maximum absolute atomic E-state index is 12.1. The summed E-state index contributed by atoms with van der Waals surface area (Å²) in [5.74, 6) is -0.000211. The van der Waals surface area contributed by atoms with Crippen molar-refractivity contribution in [2.45, 2.75) is 18.4 Å². The third kappa shape index (κ3) is 1.98. The number of hydrogen-bond acceptors (Lipinski definition) is 2. The molecular formula is C15H12Cl2N2O. The summed E-state index contributed by atoms with van der Waals surface area (Å²) >= 11 is 11.7. The van der Waals surface area contributed by atoms with Crippen molar-refractivity contribution in [1.82, 2.24) is 10.3 Å². The van der Waals surface area contributed by atoms with Crippen molar-refractivity contribution in [3.8, 4) is 0 Å². The number of amides is 1. The lowest BCUT2D eigenvalue weighted by atomic mass is 9.67. The summed E-state index contributed by atoms with van der Waals surface area (Å²) in [6.07, 6.45) is 1.70. The van der Waals surface area contributed by atoms with Gasteiger partial charge < -0.3 is 5.32 Å². The van der Waals surface area contributed by atoms with Gasteiger partial charge in [-0.2, -0.15) is 0 Å². The maximum Gasteiger partial charge on any atom is 0.233 e. The fourth-order valence-electron chi connectivity index (χ4n) is 2.55. The van der Waals surface area contributed by atoms with Crippen LogP contribution in [0.1, 0.15) is 24.1 Å². The van der Waals surface area contributed by atoms with E-state index in [-0.39, 0.29) is 11.9 Å². The van der Waals surface area contributed by atoms with Crippen LogP contribution in [-0.4, -0.2) is 10.9 Å². The predicted octanol–water partition coefficient (Wildman–Crippen LogP) is 3.52. The van der Waals surface area contributed by atoms with Crippen LogP contribution in [-0.2, 0) is 10.2 Å². The second-order valence-corrected chi connectivity index (χ2v) is 5.85. The molecule has 0 aliphatic carbocycles. The summed E-state index contributed by atoms with van der Waals surface area (Å²) in [4.78, 5) is 16.2. The van der Waals surface area contributed by atoms with Crippen molar-refractivity contribution in [3.63, 3.8) is 0 Å². The van der Waals surface area contributed by atoms with Crippen LogP contribution < -0.4 is 5.32 Å². The van der Waals surface area contributed by atoms with Gasteiger partial charge in [-0.3, -0.25) is 4.79 Å². The molecular weight excluding hydrogens is 295 g/mol. The van der Waals surface area contributed by atoms with Gasteiger partial charge in [-0.25, -0.2) is 4.98 Å². The van der Waals surface area contributed by atoms with Crippen molar-refractivity contribution >= 4 is 29.1 Å². The van der Waals surface area contributed by atoms with Crippen LogP contribution >= 0.6 is 23.2 Å². The van der Waals surface area contributed by atoms with Crippen LogP contribution in [0.25, 0.3) is 0 Å². The number of hydrogen-bond donors (Lipinski definition) is 1. The molecule has 1 aliphatic rings. The zero-order chi connectivity index (χ0) is 14.3. The molecule has 1 aromatic heterocycles. The largest absolute Gasteiger partial charge is 0.347 e. The number of nitrogens with one attached hydrogen (secondary N) is 1. The molecule has 0 saturated carbocycles. The van der Waals surface area contributed by atoms with Gasteiger partial charge in [-0.1, -0.05) is 41.4 Å². The van der Waals surface area contributed by atoms with E-state index in [0.29, 0.717) is 10.2 Å². The highest BCUT2D eigenvalue weighted by atomic mass is 35.5. The molecule has 2 atom stereocenters. The number of β-lactam (4-membered cyclic amide) rings is 1. The normalized spacial score (nSPS) is 24.9. The highest BCUT2D eigenvalue weighted by molar-refractivity contribution is 6.30. The first-order chi connectivity index (χ1) is 9.51. The average Bonchev–Trinajstić information content (AvgIpc) is 2.46. The first-order valence-electron chi connectivity index (χ1n) is 6.20. The Balaban J connectivity index is 1.99. The molecule has 1 aliphatic heterocycles. The number of halogens is 2. The zero-order valence-electron chi connectivity index (χ0n) is 10.7. The van der Waals surface area contributed by atoms with Gasteiger partial charge in [-0.15, -0.1) is 0 Å². The van der Waals surface area contributed by atoms with Crippen molar-refractivity contribution < 1.29 is 4.79 Å². The standard InChI is InChI=1S/C15H12Cl2N2O/c1-15(10-3-5-11(16)6-4-10)13(19-14(15)20)9-2-7-12(17)18-8-9/h2-8,13H,1H3,(H,19,20)/t13-,15+/m1/s1. The van der Waals surface area contributed by atoms with Crippen LogP contribution in [0.15, 0.2) is 42.6 Å². The van der Waals surface area contributed by atoms with Crippen molar-refractivity contribution in [3.05, 3.63) is 63.9 Å². The molecule has 0 unspecified atom stereocenters. The minimum absolute atomic E-state index is 0.000211. The molecule has 3 rings (SSSR count). The highest BCUT2D eigenvalue weighted by Crippen LogP contribution is 2.44. The number of aromatic nitrogens is 1. The van der Waals surface area contributed by atoms with Gasteiger partial charge in [0, 0.05) is 11.2 Å². The van der Waals surface area contributed by atoms with E-state index >= 15 is 0 Å². The van der Waals surface area contributed by atoms with E-state index in [0.717, 1.165) is 11.1 Å². The molecule has 1 fully saturated rings. The second kappa shape index (κ2) is 4.76. The van der Waals surface area contributed by atoms with Gasteiger partial charge in [0.15, 0.2) is 0 Å². The van der Waals surface area contributed by atoms with Gasteiger partial charge in [0.25, 0.3) is 0 Å². The molecule has 3 nitrogen and oxygen atoms in total. The minimum atomic E-state index is -0.611. The van der Waals surface area contributed by atoms with Gasteiger partial charge in [0.1, 0.15) is 5.15 Å². The Morgan fingerprint density at radius 1 is 1.15 bits per heavy atom. The first-order valence-corrected chi connectivity index (χ1v) is 6.96. The van der Waals surface area contributed by atoms with E-state index in [2.05, 4.69) is 10.3 Å². The summed E-state index contributed by atoms with van der Waals surface area (Å²) in [6, 6.07) is 10.9. The fourth-order valence-corrected chi connectivity index (χ4v) is 2.79. The van der Waals surface area contributed by atoms with E-state index in [1.54, 1.807) is 24.4 Å². The minimum Gasteiger partial charge on any atom is -0.347 e. The molecule has 1 saturated heterocycles. The molecule has 5 heteroatoms. The van der Waals surface area contributed by atoms with Gasteiger partial charge >= 0.3 is 0 Å². The maximum atomic E-state index is 12.1. The summed E-state index contributed by atoms with van der Waals surface area (Å²) < 4.78 is 0. The lowest BCUT2D eigenvalue weighted by molar-refractivity contribution is -0.137. The molecule has 0 bridgehead atoms. The van der Waals surface area contributed by atoms with Gasteiger partial charge in [-0.05, 0) is 36.2 Å². The Morgan fingerprint density at radius 3 is 2.40 bits per heavy atom. The third-order valence-corrected chi connectivity index (χ3v) is 4.33. The van der Waals surface area contributed by atoms with E-state index < -0.39 is 5.41 Å². The summed E-state index contributed by atoms with van der Waals surface area (Å²) in [5, 5.41) is 4.02. The van der Waals surface area contributed by atoms with Gasteiger partial charge in [0.2, 0.25) is 5.91 Å². The lowest BCUT2D eigenvalue weighted by Gasteiger charge is -2.46. The Hall–Kier alpha value is -1.58. The SMILES string of the molecule is C[C@@]1(c2ccc(Cl)cc2)C(=O)N[C@@H]1c1ccc(Cl)nc1. The number of pyridine rings is 1. The summed E-state index contributed by atoms with van der Waals surface area (Å²) in [6.45, 7) is 1.92. The number of carbonyl (C=O) groups excluding carboxylic acids is 1. The van der Waals surface area contributed by atoms with Crippen LogP contribution in [0.3, 0.4) is 0 Å². The van der Waals surface area contributed by atoms with Crippen LogP contribution in [0.2, 0.25) is 10.2 Å². The second-order valence-electron chi connectivity index (χ2n) is 5.03. The van der Waals surface area contributed by atoms with E-state index in [1.165, 1.54) is 0 Å². The number of carbonyl (C=O) groups is 1. The van der Waals surface area contributed by atoms with Crippen molar-refractivity contribution in [2.75, 3.05) is 0 Å². The smallest absolute Gasteiger partial charge is 0.233 e. The molecule has 1 N–H and O–H groups in total. The van der Waals surface area contributed by atoms with Crippen molar-refractivity contribution in [1.29, 1.82) is 0 Å². The molecule has 102 valence electrons. The first kappa shape index (κ1) is 13.4. The molecule has 1 amide bonds. The predicted molar refractivity (Wildman–Crippen MR) is 78.9 cm³/mol. The lowest BCUT2D eigenvalue weighted by Crippen LogP contribution is -2.62. The molecule has 1 aromatic carbocycles. The molecule has 2 heterocycles. The summed E-state index contributed by atoms with van der Waals surface area (Å²) in [5.41, 5.74) is 1.26. The Bertz CT molecular complexity index is 655. The monoisotopic (exact) mass is 306 g/mol. The molecule has 20 heavy (non-hydrogen) atoms. The van der Waals surface area contributed by atoms with E-state index in [9.17, 15) is 4.79 Å². The van der Waals surface area contributed by atoms with Crippen molar-refractivity contribution in [2.24, 2.45) is 0 Å². The summed E-state index contributed by atoms with van der Waals surface area (Å²) in [7, 11) is 0. The van der Waals surface area contributed by atoms with Crippen LogP contribution in [0.4, 0.5) is 0 Å². The van der Waals surface area contributed by atoms with Gasteiger partial charge in [0.05, 0.1) is 11.5 Å². The highest BCUT2D eigenvalue weighted by Gasteiger charge is 2.53. The molecule has 2 aromatic rings. The Kier molecular flexibility index (Phi) is 3.19. The Morgan fingerprint density at radius 2 is 1.85 bits per heavy atom.